The van der Waals surface area contributed by atoms with Gasteiger partial charge in [0.05, 0.1) is 0 Å². The Bertz CT molecular complexity index is 246. The summed E-state index contributed by atoms with van der Waals surface area (Å²) in [5.74, 6) is 0. The van der Waals surface area contributed by atoms with Gasteiger partial charge >= 0.3 is 0 Å². The standard InChI is InChI=1S/C8H6Cl2F2/c9-6-3-1-5(2-4-6)7(10)8(11)12/h1-4,7-8H. The van der Waals surface area contributed by atoms with Gasteiger partial charge in [0, 0.05) is 5.02 Å². The summed E-state index contributed by atoms with van der Waals surface area (Å²) in [5, 5.41) is -0.737. The third kappa shape index (κ3) is 2.32. The van der Waals surface area contributed by atoms with Gasteiger partial charge in [-0.2, -0.15) is 0 Å². The van der Waals surface area contributed by atoms with Crippen LogP contribution in [0.2, 0.25) is 5.02 Å². The molecule has 0 nitrogen and oxygen atoms in total. The fraction of sp³-hybridized carbons (Fsp3) is 0.250. The largest absolute Gasteiger partial charge is 0.258 e. The van der Waals surface area contributed by atoms with E-state index < -0.39 is 11.8 Å². The first kappa shape index (κ1) is 9.75. The molecule has 0 radical (unpaired) electrons. The van der Waals surface area contributed by atoms with Gasteiger partial charge in [-0.05, 0) is 17.7 Å². The lowest BCUT2D eigenvalue weighted by molar-refractivity contribution is 0.143. The van der Waals surface area contributed by atoms with Crippen molar-refractivity contribution < 1.29 is 8.78 Å². The van der Waals surface area contributed by atoms with Crippen molar-refractivity contribution in [3.05, 3.63) is 34.9 Å². The van der Waals surface area contributed by atoms with Crippen molar-refractivity contribution in [3.8, 4) is 0 Å². The highest BCUT2D eigenvalue weighted by Gasteiger charge is 2.18. The van der Waals surface area contributed by atoms with Crippen LogP contribution in [0.4, 0.5) is 8.78 Å². The van der Waals surface area contributed by atoms with Crippen molar-refractivity contribution in [1.29, 1.82) is 0 Å². The summed E-state index contributed by atoms with van der Waals surface area (Å²) in [7, 11) is 0. The van der Waals surface area contributed by atoms with E-state index in [1.54, 1.807) is 0 Å². The van der Waals surface area contributed by atoms with E-state index >= 15 is 0 Å². The highest BCUT2D eigenvalue weighted by molar-refractivity contribution is 6.30. The number of halogens is 4. The summed E-state index contributed by atoms with van der Waals surface area (Å²) in [5.41, 5.74) is 0.385. The lowest BCUT2D eigenvalue weighted by Crippen LogP contribution is -2.01. The highest BCUT2D eigenvalue weighted by atomic mass is 35.5. The van der Waals surface area contributed by atoms with Gasteiger partial charge < -0.3 is 0 Å². The maximum Gasteiger partial charge on any atom is 0.258 e. The molecule has 0 aliphatic heterocycles. The van der Waals surface area contributed by atoms with E-state index in [0.717, 1.165) is 0 Å². The van der Waals surface area contributed by atoms with Crippen molar-refractivity contribution in [3.63, 3.8) is 0 Å². The quantitative estimate of drug-likeness (QED) is 0.651. The second-order valence-electron chi connectivity index (χ2n) is 2.29. The third-order valence-electron chi connectivity index (χ3n) is 1.41. The Labute approximate surface area is 79.1 Å². The van der Waals surface area contributed by atoms with Gasteiger partial charge in [-0.3, -0.25) is 0 Å². The Morgan fingerprint density at radius 3 is 2.00 bits per heavy atom. The van der Waals surface area contributed by atoms with Crippen LogP contribution in [0, 0.1) is 0 Å². The van der Waals surface area contributed by atoms with Crippen molar-refractivity contribution in [2.24, 2.45) is 0 Å². The van der Waals surface area contributed by atoms with Crippen LogP contribution >= 0.6 is 23.2 Å². The van der Waals surface area contributed by atoms with Crippen LogP contribution in [0.1, 0.15) is 10.9 Å². The van der Waals surface area contributed by atoms with E-state index in [9.17, 15) is 8.78 Å². The molecular weight excluding hydrogens is 205 g/mol. The molecule has 0 saturated carbocycles. The van der Waals surface area contributed by atoms with Crippen LogP contribution in [0.15, 0.2) is 24.3 Å². The molecule has 4 heteroatoms. The lowest BCUT2D eigenvalue weighted by Gasteiger charge is -2.07. The number of benzene rings is 1. The molecule has 1 rings (SSSR count). The van der Waals surface area contributed by atoms with Crippen molar-refractivity contribution in [2.75, 3.05) is 0 Å². The average molecular weight is 211 g/mol. The molecule has 0 amide bonds. The van der Waals surface area contributed by atoms with E-state index in [2.05, 4.69) is 0 Å². The Morgan fingerprint density at radius 2 is 1.58 bits per heavy atom. The number of alkyl halides is 3. The fourth-order valence-corrected chi connectivity index (χ4v) is 1.06. The summed E-state index contributed by atoms with van der Waals surface area (Å²) in [6, 6.07) is 6.06. The van der Waals surface area contributed by atoms with Crippen LogP contribution in [-0.2, 0) is 0 Å². The molecule has 1 unspecified atom stereocenters. The van der Waals surface area contributed by atoms with Crippen LogP contribution < -0.4 is 0 Å². The Kier molecular flexibility index (Phi) is 3.29. The van der Waals surface area contributed by atoms with Gasteiger partial charge in [-0.25, -0.2) is 8.78 Å². The minimum absolute atomic E-state index is 0.385. The first-order valence-corrected chi connectivity index (χ1v) is 4.10. The molecule has 1 aromatic rings. The zero-order valence-corrected chi connectivity index (χ0v) is 7.49. The zero-order valence-electron chi connectivity index (χ0n) is 5.98. The minimum Gasteiger partial charge on any atom is -0.208 e. The molecule has 0 aliphatic rings. The first-order chi connectivity index (χ1) is 5.61. The number of hydrogen-bond acceptors (Lipinski definition) is 0. The SMILES string of the molecule is FC(F)C(Cl)c1ccc(Cl)cc1. The predicted octanol–water partition coefficient (Wildman–Crippen LogP) is 3.89. The van der Waals surface area contributed by atoms with Gasteiger partial charge in [-0.15, -0.1) is 11.6 Å². The monoisotopic (exact) mass is 210 g/mol. The maximum atomic E-state index is 12.0. The van der Waals surface area contributed by atoms with Crippen molar-refractivity contribution in [1.82, 2.24) is 0 Å². The Hall–Kier alpha value is -0.340. The Morgan fingerprint density at radius 1 is 1.08 bits per heavy atom. The normalized spacial score (nSPS) is 13.4. The molecule has 0 N–H and O–H groups in total. The molecule has 12 heavy (non-hydrogen) atoms. The second kappa shape index (κ2) is 4.06. The summed E-state index contributed by atoms with van der Waals surface area (Å²) < 4.78 is 24.1. The molecule has 0 spiro atoms. The van der Waals surface area contributed by atoms with Crippen LogP contribution in [0.3, 0.4) is 0 Å². The average Bonchev–Trinajstić information content (AvgIpc) is 2.04. The van der Waals surface area contributed by atoms with E-state index in [0.29, 0.717) is 10.6 Å². The molecule has 66 valence electrons. The molecule has 0 aliphatic carbocycles. The predicted molar refractivity (Wildman–Crippen MR) is 46.1 cm³/mol. The number of rotatable bonds is 2. The minimum atomic E-state index is -2.55. The maximum absolute atomic E-state index is 12.0. The molecule has 0 heterocycles. The van der Waals surface area contributed by atoms with Crippen molar-refractivity contribution >= 4 is 23.2 Å². The van der Waals surface area contributed by atoms with Crippen molar-refractivity contribution in [2.45, 2.75) is 11.8 Å². The molecule has 0 fully saturated rings. The fourth-order valence-electron chi connectivity index (χ4n) is 0.792. The second-order valence-corrected chi connectivity index (χ2v) is 3.19. The molecule has 0 saturated heterocycles. The van der Waals surface area contributed by atoms with E-state index in [-0.39, 0.29) is 0 Å². The molecule has 0 aromatic heterocycles. The van der Waals surface area contributed by atoms with E-state index in [1.807, 2.05) is 0 Å². The van der Waals surface area contributed by atoms with Gasteiger partial charge in [0.15, 0.2) is 0 Å². The molecule has 0 bridgehead atoms. The van der Waals surface area contributed by atoms with Gasteiger partial charge in [0.2, 0.25) is 0 Å². The number of hydrogen-bond donors (Lipinski definition) is 0. The lowest BCUT2D eigenvalue weighted by atomic mass is 10.1. The Balaban J connectivity index is 2.82. The van der Waals surface area contributed by atoms with Crippen LogP contribution in [0.25, 0.3) is 0 Å². The summed E-state index contributed by atoms with van der Waals surface area (Å²) in [4.78, 5) is 0. The molecular formula is C8H6Cl2F2. The van der Waals surface area contributed by atoms with Gasteiger partial charge in [-0.1, -0.05) is 23.7 Å². The molecule has 1 aromatic carbocycles. The summed E-state index contributed by atoms with van der Waals surface area (Å²) in [6.07, 6.45) is -2.55. The summed E-state index contributed by atoms with van der Waals surface area (Å²) >= 11 is 11.0. The smallest absolute Gasteiger partial charge is 0.208 e. The van der Waals surface area contributed by atoms with Gasteiger partial charge in [0.1, 0.15) is 5.38 Å². The molecule has 1 atom stereocenters. The van der Waals surface area contributed by atoms with Crippen LogP contribution in [-0.4, -0.2) is 6.43 Å². The zero-order chi connectivity index (χ0) is 9.14. The topological polar surface area (TPSA) is 0 Å². The first-order valence-electron chi connectivity index (χ1n) is 3.29. The third-order valence-corrected chi connectivity index (χ3v) is 2.10. The summed E-state index contributed by atoms with van der Waals surface area (Å²) in [6.45, 7) is 0. The van der Waals surface area contributed by atoms with Crippen LogP contribution in [0.5, 0.6) is 0 Å². The highest BCUT2D eigenvalue weighted by Crippen LogP contribution is 2.27. The van der Waals surface area contributed by atoms with E-state index in [1.165, 1.54) is 24.3 Å². The van der Waals surface area contributed by atoms with E-state index in [4.69, 9.17) is 23.2 Å². The van der Waals surface area contributed by atoms with Gasteiger partial charge in [0.25, 0.3) is 6.43 Å².